The molecule has 0 amide bonds. The van der Waals surface area contributed by atoms with E-state index in [4.69, 9.17) is 14.6 Å². The van der Waals surface area contributed by atoms with Crippen LogP contribution < -0.4 is 0 Å². The Morgan fingerprint density at radius 1 is 1.00 bits per heavy atom. The van der Waals surface area contributed by atoms with Crippen LogP contribution in [0.2, 0.25) is 0 Å². The van der Waals surface area contributed by atoms with E-state index in [-0.39, 0.29) is 24.0 Å². The topological polar surface area (TPSA) is 58.9 Å². The van der Waals surface area contributed by atoms with Crippen LogP contribution in [0.4, 0.5) is 8.78 Å². The predicted octanol–water partition coefficient (Wildman–Crippen LogP) is 3.97. The summed E-state index contributed by atoms with van der Waals surface area (Å²) in [6, 6.07) is 1.92. The van der Waals surface area contributed by atoms with Crippen LogP contribution >= 0.6 is 11.8 Å². The van der Waals surface area contributed by atoms with Gasteiger partial charge in [-0.3, -0.25) is 0 Å². The molecular weight excluding hydrogens is 362 g/mol. The van der Waals surface area contributed by atoms with Crippen molar-refractivity contribution in [2.75, 3.05) is 25.7 Å². The molecule has 1 aromatic rings. The molecule has 1 heterocycles. The van der Waals surface area contributed by atoms with Gasteiger partial charge in [0, 0.05) is 24.0 Å². The highest BCUT2D eigenvalue weighted by atomic mass is 32.2. The lowest BCUT2D eigenvalue weighted by atomic mass is 9.76. The molecule has 2 aliphatic rings. The monoisotopic (exact) mass is 392 g/mol. The third kappa shape index (κ3) is 5.39. The molecule has 150 valence electrons. The first-order chi connectivity index (χ1) is 12.4. The second-order valence-electron chi connectivity index (χ2n) is 6.13. The van der Waals surface area contributed by atoms with Crippen molar-refractivity contribution in [1.82, 2.24) is 0 Å². The van der Waals surface area contributed by atoms with Gasteiger partial charge in [-0.1, -0.05) is 13.8 Å². The molecule has 1 aromatic carbocycles. The van der Waals surface area contributed by atoms with Gasteiger partial charge in [0.1, 0.15) is 11.6 Å². The summed E-state index contributed by atoms with van der Waals surface area (Å²) in [4.78, 5) is 0. The molecule has 1 aliphatic heterocycles. The fourth-order valence-corrected chi connectivity index (χ4v) is 3.17. The Morgan fingerprint density at radius 3 is 1.96 bits per heavy atom. The van der Waals surface area contributed by atoms with Crippen molar-refractivity contribution in [3.63, 3.8) is 0 Å². The normalized spacial score (nSPS) is 20.0. The minimum atomic E-state index is -1.43. The number of benzene rings is 1. The first-order valence-electron chi connectivity index (χ1n) is 8.89. The maximum Gasteiger partial charge on any atom is 0.168 e. The summed E-state index contributed by atoms with van der Waals surface area (Å²) in [7, 11) is 0. The quantitative estimate of drug-likeness (QED) is 0.798. The lowest BCUT2D eigenvalue weighted by Crippen LogP contribution is -2.42. The van der Waals surface area contributed by atoms with Gasteiger partial charge in [0.15, 0.2) is 5.79 Å². The van der Waals surface area contributed by atoms with Crippen LogP contribution in [0.1, 0.15) is 50.7 Å². The molecule has 4 nitrogen and oxygen atoms in total. The van der Waals surface area contributed by atoms with Crippen LogP contribution in [0.3, 0.4) is 0 Å². The second-order valence-corrected chi connectivity index (χ2v) is 6.95. The standard InChI is InChI=1S/C15H18F2O4.C2H6S.C2H6/c16-12-8-11(13(17)7-10(12)9-18)14(19)1-3-15(4-2-14)20-5-6-21-15;1-3-2;1-2/h7-8,18-19H,1-6,9H2;1-2H3;1-2H3. The summed E-state index contributed by atoms with van der Waals surface area (Å²) in [5, 5.41) is 19.6. The van der Waals surface area contributed by atoms with Crippen LogP contribution in [0.15, 0.2) is 12.1 Å². The summed E-state index contributed by atoms with van der Waals surface area (Å²) < 4.78 is 39.0. The summed E-state index contributed by atoms with van der Waals surface area (Å²) >= 11 is 1.75. The van der Waals surface area contributed by atoms with E-state index in [1.54, 1.807) is 11.8 Å². The van der Waals surface area contributed by atoms with E-state index < -0.39 is 29.6 Å². The Labute approximate surface area is 158 Å². The van der Waals surface area contributed by atoms with Gasteiger partial charge >= 0.3 is 0 Å². The maximum atomic E-state index is 14.1. The fourth-order valence-electron chi connectivity index (χ4n) is 3.17. The first-order valence-corrected chi connectivity index (χ1v) is 10.5. The summed E-state index contributed by atoms with van der Waals surface area (Å²) in [5.74, 6) is -2.09. The molecule has 3 rings (SSSR count). The Morgan fingerprint density at radius 2 is 1.50 bits per heavy atom. The third-order valence-electron chi connectivity index (χ3n) is 4.46. The van der Waals surface area contributed by atoms with Gasteiger partial charge in [0.25, 0.3) is 0 Å². The van der Waals surface area contributed by atoms with Gasteiger partial charge in [-0.05, 0) is 37.5 Å². The lowest BCUT2D eigenvalue weighted by molar-refractivity contribution is -0.204. The van der Waals surface area contributed by atoms with E-state index in [0.29, 0.717) is 26.1 Å². The minimum Gasteiger partial charge on any atom is -0.392 e. The van der Waals surface area contributed by atoms with Crippen molar-refractivity contribution in [2.45, 2.75) is 57.5 Å². The average molecular weight is 393 g/mol. The van der Waals surface area contributed by atoms with Gasteiger partial charge in [-0.25, -0.2) is 8.78 Å². The summed E-state index contributed by atoms with van der Waals surface area (Å²) in [6.07, 6.45) is 5.43. The predicted molar refractivity (Wildman–Crippen MR) is 100 cm³/mol. The molecule has 2 fully saturated rings. The highest BCUT2D eigenvalue weighted by Crippen LogP contribution is 2.45. The van der Waals surface area contributed by atoms with Crippen molar-refractivity contribution < 1.29 is 28.5 Å². The van der Waals surface area contributed by atoms with Crippen LogP contribution in [0, 0.1) is 11.6 Å². The molecule has 1 saturated carbocycles. The molecule has 0 unspecified atom stereocenters. The summed E-state index contributed by atoms with van der Waals surface area (Å²) in [5.41, 5.74) is -1.61. The van der Waals surface area contributed by atoms with Crippen LogP contribution in [-0.2, 0) is 21.7 Å². The maximum absolute atomic E-state index is 14.1. The van der Waals surface area contributed by atoms with Crippen molar-refractivity contribution >= 4 is 11.8 Å². The molecule has 0 bridgehead atoms. The van der Waals surface area contributed by atoms with Crippen molar-refractivity contribution in [3.05, 3.63) is 34.9 Å². The second kappa shape index (κ2) is 10.6. The van der Waals surface area contributed by atoms with E-state index in [0.717, 1.165) is 12.1 Å². The Hall–Kier alpha value is -0.730. The molecule has 0 radical (unpaired) electrons. The smallest absolute Gasteiger partial charge is 0.168 e. The van der Waals surface area contributed by atoms with Crippen molar-refractivity contribution in [2.24, 2.45) is 0 Å². The largest absolute Gasteiger partial charge is 0.392 e. The van der Waals surface area contributed by atoms with Gasteiger partial charge in [-0.2, -0.15) is 11.8 Å². The third-order valence-corrected chi connectivity index (χ3v) is 4.46. The molecule has 0 aromatic heterocycles. The van der Waals surface area contributed by atoms with Crippen molar-refractivity contribution in [1.29, 1.82) is 0 Å². The zero-order valence-electron chi connectivity index (χ0n) is 16.0. The number of hydrogen-bond acceptors (Lipinski definition) is 5. The molecule has 7 heteroatoms. The van der Waals surface area contributed by atoms with Crippen LogP contribution in [-0.4, -0.2) is 41.7 Å². The van der Waals surface area contributed by atoms with Gasteiger partial charge in [0.2, 0.25) is 0 Å². The van der Waals surface area contributed by atoms with Crippen molar-refractivity contribution in [3.8, 4) is 0 Å². The van der Waals surface area contributed by atoms with E-state index >= 15 is 0 Å². The minimum absolute atomic E-state index is 0.0648. The number of rotatable bonds is 2. The molecule has 0 atom stereocenters. The molecule has 1 saturated heterocycles. The highest BCUT2D eigenvalue weighted by Gasteiger charge is 2.47. The van der Waals surface area contributed by atoms with Gasteiger partial charge in [0.05, 0.1) is 25.4 Å². The number of hydrogen-bond donors (Lipinski definition) is 2. The van der Waals surface area contributed by atoms with E-state index in [9.17, 15) is 13.9 Å². The number of halogens is 2. The van der Waals surface area contributed by atoms with Crippen LogP contribution in [0.25, 0.3) is 0 Å². The Bertz CT molecular complexity index is 553. The van der Waals surface area contributed by atoms with Gasteiger partial charge in [-0.15, -0.1) is 0 Å². The summed E-state index contributed by atoms with van der Waals surface area (Å²) in [6.45, 7) is 4.46. The zero-order chi connectivity index (χ0) is 19.8. The van der Waals surface area contributed by atoms with E-state index in [1.165, 1.54) is 0 Å². The molecule has 1 spiro atoms. The Balaban J connectivity index is 0.000000615. The molecular formula is C19H30F2O4S. The van der Waals surface area contributed by atoms with Gasteiger partial charge < -0.3 is 19.7 Å². The first kappa shape index (κ1) is 23.3. The molecule has 2 N–H and O–H groups in total. The lowest BCUT2D eigenvalue weighted by Gasteiger charge is -2.40. The average Bonchev–Trinajstić information content (AvgIpc) is 3.10. The number of thioether (sulfide) groups is 1. The number of aliphatic hydroxyl groups is 2. The van der Waals surface area contributed by atoms with Crippen LogP contribution in [0.5, 0.6) is 0 Å². The molecule has 26 heavy (non-hydrogen) atoms. The zero-order valence-corrected chi connectivity index (χ0v) is 16.8. The number of aliphatic hydroxyl groups excluding tert-OH is 1. The van der Waals surface area contributed by atoms with E-state index in [2.05, 4.69) is 0 Å². The number of ether oxygens (including phenoxy) is 2. The highest BCUT2D eigenvalue weighted by molar-refractivity contribution is 7.97. The SMILES string of the molecule is CC.CSC.OCc1cc(F)c(C2(O)CCC3(CC2)OCCO3)cc1F. The van der Waals surface area contributed by atoms with E-state index in [1.807, 2.05) is 26.4 Å². The Kier molecular flexibility index (Phi) is 9.47. The molecule has 1 aliphatic carbocycles. The fraction of sp³-hybridized carbons (Fsp3) is 0.684.